The van der Waals surface area contributed by atoms with Crippen LogP contribution < -0.4 is 4.68 Å². The van der Waals surface area contributed by atoms with Crippen LogP contribution in [-0.4, -0.2) is 9.90 Å². The molecule has 0 bridgehead atoms. The molecule has 1 radical (unpaired) electrons. The van der Waals surface area contributed by atoms with Crippen LogP contribution in [0.15, 0.2) is 17.3 Å². The zero-order valence-electron chi connectivity index (χ0n) is 4.69. The normalized spacial score (nSPS) is 15.3. The van der Waals surface area contributed by atoms with Gasteiger partial charge >= 0.3 is 0 Å². The molecule has 0 unspecified atom stereocenters. The molecule has 45 valence electrons. The summed E-state index contributed by atoms with van der Waals surface area (Å²) in [5.74, 6) is 0. The molecule has 0 fully saturated rings. The predicted octanol–water partition coefficient (Wildman–Crippen LogP) is 0.180. The first kappa shape index (κ1) is 4.93. The van der Waals surface area contributed by atoms with Crippen LogP contribution >= 0.6 is 12.6 Å². The van der Waals surface area contributed by atoms with E-state index in [-0.39, 0.29) is 0 Å². The molecule has 0 atom stereocenters. The molecule has 4 heteroatoms. The fraction of sp³-hybridized carbons (Fsp3) is 0.200. The van der Waals surface area contributed by atoms with Crippen LogP contribution in [0.2, 0.25) is 0 Å². The Labute approximate surface area is 58.0 Å². The van der Waals surface area contributed by atoms with Gasteiger partial charge in [-0.05, 0) is 4.80 Å². The summed E-state index contributed by atoms with van der Waals surface area (Å²) < 4.78 is 1.95. The van der Waals surface area contributed by atoms with Crippen LogP contribution in [0, 0.1) is 0 Å². The number of fused-ring (bicyclic) bond motifs is 1. The van der Waals surface area contributed by atoms with Crippen molar-refractivity contribution in [3.63, 3.8) is 0 Å². The Balaban J connectivity index is 2.55. The summed E-state index contributed by atoms with van der Waals surface area (Å²) >= 11 is 4.94. The Morgan fingerprint density at radius 2 is 2.67 bits per heavy atom. The van der Waals surface area contributed by atoms with Gasteiger partial charge in [-0.1, -0.05) is 12.6 Å². The third kappa shape index (κ3) is 0.632. The van der Waals surface area contributed by atoms with Gasteiger partial charge in [-0.2, -0.15) is 4.68 Å². The van der Waals surface area contributed by atoms with E-state index in [0.717, 1.165) is 11.4 Å². The maximum atomic E-state index is 4.94. The average molecular weight is 139 g/mol. The summed E-state index contributed by atoms with van der Waals surface area (Å²) in [4.78, 5) is 2.67. The molecule has 0 amide bonds. The van der Waals surface area contributed by atoms with Crippen LogP contribution in [0.4, 0.5) is 0 Å². The highest BCUT2D eigenvalue weighted by Gasteiger charge is 2.15. The molecule has 0 aliphatic carbocycles. The van der Waals surface area contributed by atoms with Crippen LogP contribution in [0.1, 0.15) is 0 Å². The minimum atomic E-state index is 0.801. The highest BCUT2D eigenvalue weighted by atomic mass is 32.1. The average Bonchev–Trinajstić information content (AvgIpc) is 2.22. The molecular formula is C5H5N3S+. The smallest absolute Gasteiger partial charge is 0.151 e. The van der Waals surface area contributed by atoms with Crippen molar-refractivity contribution in [2.45, 2.75) is 6.54 Å². The van der Waals surface area contributed by atoms with Crippen LogP contribution in [0.3, 0.4) is 0 Å². The quantitative estimate of drug-likeness (QED) is 0.470. The van der Waals surface area contributed by atoms with Crippen LogP contribution in [0.5, 0.6) is 0 Å². The van der Waals surface area contributed by atoms with Crippen LogP contribution in [-0.2, 0) is 6.54 Å². The number of rotatable bonds is 0. The number of allylic oxidation sites excluding steroid dienone is 1. The number of nitrogens with zero attached hydrogens (tertiary/aromatic N) is 3. The van der Waals surface area contributed by atoms with Crippen molar-refractivity contribution < 1.29 is 4.68 Å². The van der Waals surface area contributed by atoms with Gasteiger partial charge in [-0.3, -0.25) is 0 Å². The van der Waals surface area contributed by atoms with E-state index in [1.54, 1.807) is 11.0 Å². The summed E-state index contributed by atoms with van der Waals surface area (Å²) in [5, 5.41) is 3.98. The molecule has 1 aliphatic heterocycles. The molecule has 3 nitrogen and oxygen atoms in total. The molecule has 0 saturated heterocycles. The standard InChI is InChI=1S/C5H5N3S/c9-5-3-7-2-1-6-8(7)4-5/h1-2,4H,3H2/q+1. The van der Waals surface area contributed by atoms with Gasteiger partial charge in [-0.15, -0.1) is 0 Å². The third-order valence-electron chi connectivity index (χ3n) is 1.26. The Kier molecular flexibility index (Phi) is 0.843. The second-order valence-corrected chi connectivity index (χ2v) is 2.45. The summed E-state index contributed by atoms with van der Waals surface area (Å²) in [7, 11) is 0. The number of aromatic nitrogens is 3. The van der Waals surface area contributed by atoms with Gasteiger partial charge in [0, 0.05) is 5.10 Å². The highest BCUT2D eigenvalue weighted by Crippen LogP contribution is 2.05. The van der Waals surface area contributed by atoms with Gasteiger partial charge in [0.25, 0.3) is 0 Å². The van der Waals surface area contributed by atoms with E-state index < -0.39 is 0 Å². The monoisotopic (exact) mass is 139 g/mol. The lowest BCUT2D eigenvalue weighted by Gasteiger charge is -1.81. The van der Waals surface area contributed by atoms with E-state index in [9.17, 15) is 0 Å². The van der Waals surface area contributed by atoms with Crippen molar-refractivity contribution in [2.24, 2.45) is 0 Å². The van der Waals surface area contributed by atoms with Crippen molar-refractivity contribution in [1.29, 1.82) is 0 Å². The zero-order valence-corrected chi connectivity index (χ0v) is 5.51. The largest absolute Gasteiger partial charge is 0.206 e. The first-order chi connectivity index (χ1) is 4.36. The Morgan fingerprint density at radius 1 is 1.78 bits per heavy atom. The van der Waals surface area contributed by atoms with E-state index in [1.807, 2.05) is 17.1 Å². The van der Waals surface area contributed by atoms with Gasteiger partial charge in [0.15, 0.2) is 6.20 Å². The summed E-state index contributed by atoms with van der Waals surface area (Å²) in [6, 6.07) is 0. The minimum Gasteiger partial charge on any atom is -0.151 e. The third-order valence-corrected chi connectivity index (χ3v) is 1.50. The van der Waals surface area contributed by atoms with E-state index in [4.69, 9.17) is 12.6 Å². The molecule has 0 saturated carbocycles. The zero-order chi connectivity index (χ0) is 6.27. The lowest BCUT2D eigenvalue weighted by atomic mass is 10.6. The molecule has 0 aromatic carbocycles. The second-order valence-electron chi connectivity index (χ2n) is 1.93. The lowest BCUT2D eigenvalue weighted by molar-refractivity contribution is -0.754. The first-order valence-electron chi connectivity index (χ1n) is 2.67. The molecule has 2 heterocycles. The fourth-order valence-corrected chi connectivity index (χ4v) is 1.10. The Morgan fingerprint density at radius 3 is 3.44 bits per heavy atom. The van der Waals surface area contributed by atoms with Crippen molar-refractivity contribution in [3.05, 3.63) is 17.3 Å². The molecule has 1 aromatic heterocycles. The Bertz CT molecular complexity index is 263. The van der Waals surface area contributed by atoms with E-state index >= 15 is 0 Å². The maximum absolute atomic E-state index is 4.94. The van der Waals surface area contributed by atoms with E-state index in [2.05, 4.69) is 5.10 Å². The lowest BCUT2D eigenvalue weighted by Crippen LogP contribution is -2.36. The summed E-state index contributed by atoms with van der Waals surface area (Å²) in [6.45, 7) is 0.801. The van der Waals surface area contributed by atoms with E-state index in [0.29, 0.717) is 0 Å². The molecule has 9 heavy (non-hydrogen) atoms. The summed E-state index contributed by atoms with van der Waals surface area (Å²) in [5.41, 5.74) is 0. The second kappa shape index (κ2) is 1.54. The van der Waals surface area contributed by atoms with Gasteiger partial charge in [0.05, 0.1) is 4.91 Å². The highest BCUT2D eigenvalue weighted by molar-refractivity contribution is 7.84. The fourth-order valence-electron chi connectivity index (χ4n) is 0.872. The topological polar surface area (TPSA) is 21.7 Å². The number of hydrogen-bond donors (Lipinski definition) is 0. The maximum Gasteiger partial charge on any atom is 0.206 e. The molecule has 1 aliphatic rings. The molecule has 0 N–H and O–H groups in total. The van der Waals surface area contributed by atoms with Gasteiger partial charge < -0.3 is 0 Å². The number of hydrogen-bond acceptors (Lipinski definition) is 1. The SMILES string of the molecule is [S]C1=Cn2ncc[n+]2C1. The molecule has 1 aromatic rings. The summed E-state index contributed by atoms with van der Waals surface area (Å²) in [6.07, 6.45) is 5.49. The molecule has 2 rings (SSSR count). The van der Waals surface area contributed by atoms with Crippen molar-refractivity contribution in [2.75, 3.05) is 0 Å². The first-order valence-corrected chi connectivity index (χ1v) is 3.08. The van der Waals surface area contributed by atoms with E-state index in [1.165, 1.54) is 0 Å². The van der Waals surface area contributed by atoms with Crippen molar-refractivity contribution in [1.82, 2.24) is 9.90 Å². The van der Waals surface area contributed by atoms with Gasteiger partial charge in [0.2, 0.25) is 6.20 Å². The van der Waals surface area contributed by atoms with Crippen molar-refractivity contribution in [3.8, 4) is 0 Å². The molecule has 0 spiro atoms. The van der Waals surface area contributed by atoms with Gasteiger partial charge in [-0.25, -0.2) is 0 Å². The Hall–Kier alpha value is -0.900. The predicted molar refractivity (Wildman–Crippen MR) is 34.3 cm³/mol. The minimum absolute atomic E-state index is 0.801. The molecular weight excluding hydrogens is 134 g/mol. The van der Waals surface area contributed by atoms with Crippen molar-refractivity contribution >= 4 is 18.8 Å². The van der Waals surface area contributed by atoms with Gasteiger partial charge in [0.1, 0.15) is 12.7 Å². The van der Waals surface area contributed by atoms with Crippen LogP contribution in [0.25, 0.3) is 6.20 Å².